The predicted molar refractivity (Wildman–Crippen MR) is 94.0 cm³/mol. The number of anilines is 1. The topological polar surface area (TPSA) is 93.3 Å². The van der Waals surface area contributed by atoms with Crippen molar-refractivity contribution in [2.45, 2.75) is 11.8 Å². The summed E-state index contributed by atoms with van der Waals surface area (Å²) in [6.45, 7) is 1.60. The fraction of sp³-hybridized carbons (Fsp3) is 0.0714. The minimum absolute atomic E-state index is 0.190. The molecule has 0 unspecified atom stereocenters. The van der Waals surface area contributed by atoms with Gasteiger partial charge in [-0.25, -0.2) is 4.98 Å². The van der Waals surface area contributed by atoms with Crippen LogP contribution in [0.15, 0.2) is 29.2 Å². The van der Waals surface area contributed by atoms with Crippen LogP contribution in [0.1, 0.15) is 5.56 Å². The van der Waals surface area contributed by atoms with Crippen LogP contribution in [-0.2, 0) is 10.1 Å². The van der Waals surface area contributed by atoms with Gasteiger partial charge in [0.15, 0.2) is 0 Å². The molecule has 0 aliphatic carbocycles. The van der Waals surface area contributed by atoms with Gasteiger partial charge in [-0.15, -0.1) is 11.3 Å². The number of rotatable bonds is 2. The molecule has 3 aromatic rings. The van der Waals surface area contributed by atoms with Crippen molar-refractivity contribution in [2.24, 2.45) is 0 Å². The Kier molecular flexibility index (Phi) is 4.02. The summed E-state index contributed by atoms with van der Waals surface area (Å²) in [6.07, 6.45) is 0. The van der Waals surface area contributed by atoms with Crippen molar-refractivity contribution in [3.8, 4) is 10.6 Å². The molecule has 0 saturated carbocycles. The van der Waals surface area contributed by atoms with E-state index in [1.165, 1.54) is 11.3 Å². The molecule has 1 heterocycles. The van der Waals surface area contributed by atoms with Crippen molar-refractivity contribution >= 4 is 60.6 Å². The lowest BCUT2D eigenvalue weighted by Crippen LogP contribution is -2.01. The third kappa shape index (κ3) is 2.90. The molecule has 0 aliphatic heterocycles. The van der Waals surface area contributed by atoms with Crippen LogP contribution in [0.3, 0.4) is 0 Å². The largest absolute Gasteiger partial charge is 0.396 e. The molecule has 1 aromatic heterocycles. The monoisotopic (exact) mass is 388 g/mol. The number of nitrogens with two attached hydrogens (primary N) is 1. The van der Waals surface area contributed by atoms with Crippen molar-refractivity contribution in [1.82, 2.24) is 4.98 Å². The van der Waals surface area contributed by atoms with Crippen LogP contribution in [0.4, 0.5) is 5.69 Å². The van der Waals surface area contributed by atoms with E-state index in [0.29, 0.717) is 20.8 Å². The zero-order valence-corrected chi connectivity index (χ0v) is 14.8. The van der Waals surface area contributed by atoms with Crippen molar-refractivity contribution < 1.29 is 13.0 Å². The number of nitrogens with zero attached hydrogens (tertiary/aromatic N) is 1. The van der Waals surface area contributed by atoms with Crippen molar-refractivity contribution in [1.29, 1.82) is 0 Å². The third-order valence-corrected chi connectivity index (χ3v) is 6.02. The van der Waals surface area contributed by atoms with Crippen LogP contribution in [-0.4, -0.2) is 18.0 Å². The Bertz CT molecular complexity index is 1020. The number of thiazole rings is 1. The highest BCUT2D eigenvalue weighted by molar-refractivity contribution is 7.86. The molecular formula is C14H10Cl2N2O3S2. The van der Waals surface area contributed by atoms with E-state index in [1.54, 1.807) is 31.2 Å². The summed E-state index contributed by atoms with van der Waals surface area (Å²) < 4.78 is 33.3. The van der Waals surface area contributed by atoms with Gasteiger partial charge in [0.2, 0.25) is 0 Å². The maximum absolute atomic E-state index is 11.6. The Labute approximate surface area is 146 Å². The molecule has 0 radical (unpaired) electrons. The van der Waals surface area contributed by atoms with E-state index in [2.05, 4.69) is 4.98 Å². The molecule has 0 atom stereocenters. The summed E-state index contributed by atoms with van der Waals surface area (Å²) in [7, 11) is -4.38. The van der Waals surface area contributed by atoms with Gasteiger partial charge in [0.05, 0.1) is 20.4 Å². The van der Waals surface area contributed by atoms with Gasteiger partial charge in [-0.1, -0.05) is 29.3 Å². The normalized spacial score (nSPS) is 12.0. The number of fused-ring (bicyclic) bond motifs is 1. The van der Waals surface area contributed by atoms with Gasteiger partial charge < -0.3 is 5.73 Å². The van der Waals surface area contributed by atoms with E-state index < -0.39 is 10.1 Å². The van der Waals surface area contributed by atoms with Crippen molar-refractivity contribution in [2.75, 3.05) is 5.73 Å². The molecule has 0 saturated heterocycles. The summed E-state index contributed by atoms with van der Waals surface area (Å²) in [5, 5.41) is 1.11. The maximum atomic E-state index is 11.6. The zero-order chi connectivity index (χ0) is 16.9. The fourth-order valence-electron chi connectivity index (χ4n) is 2.23. The summed E-state index contributed by atoms with van der Waals surface area (Å²) >= 11 is 13.3. The van der Waals surface area contributed by atoms with Gasteiger partial charge in [-0.2, -0.15) is 8.42 Å². The van der Waals surface area contributed by atoms with Gasteiger partial charge in [-0.05, 0) is 30.7 Å². The quantitative estimate of drug-likeness (QED) is 0.500. The molecule has 3 N–H and O–H groups in total. The molecule has 0 spiro atoms. The molecule has 3 rings (SSSR count). The van der Waals surface area contributed by atoms with Crippen LogP contribution in [0.5, 0.6) is 0 Å². The van der Waals surface area contributed by atoms with Crippen LogP contribution in [0.25, 0.3) is 20.8 Å². The highest BCUT2D eigenvalue weighted by atomic mass is 35.5. The average Bonchev–Trinajstić information content (AvgIpc) is 2.86. The molecule has 5 nitrogen and oxygen atoms in total. The first-order valence-corrected chi connectivity index (χ1v) is 9.32. The Hall–Kier alpha value is -1.38. The first-order valence-electron chi connectivity index (χ1n) is 6.31. The first-order chi connectivity index (χ1) is 10.7. The van der Waals surface area contributed by atoms with Gasteiger partial charge >= 0.3 is 0 Å². The fourth-order valence-corrected chi connectivity index (χ4v) is 4.62. The predicted octanol–water partition coefficient (Wildman–Crippen LogP) is 4.41. The smallest absolute Gasteiger partial charge is 0.296 e. The second kappa shape index (κ2) is 5.61. The molecule has 0 fully saturated rings. The minimum Gasteiger partial charge on any atom is -0.396 e. The zero-order valence-electron chi connectivity index (χ0n) is 11.7. The highest BCUT2D eigenvalue weighted by Crippen LogP contribution is 2.38. The lowest BCUT2D eigenvalue weighted by Gasteiger charge is -2.04. The molecule has 9 heteroatoms. The van der Waals surface area contributed by atoms with Gasteiger partial charge in [0, 0.05) is 5.56 Å². The van der Waals surface area contributed by atoms with Crippen molar-refractivity contribution in [3.05, 3.63) is 39.9 Å². The second-order valence-corrected chi connectivity index (χ2v) is 8.11. The molecule has 0 bridgehead atoms. The minimum atomic E-state index is -4.38. The van der Waals surface area contributed by atoms with Gasteiger partial charge in [-0.3, -0.25) is 4.55 Å². The van der Waals surface area contributed by atoms with E-state index in [4.69, 9.17) is 28.9 Å². The lowest BCUT2D eigenvalue weighted by atomic mass is 10.2. The van der Waals surface area contributed by atoms with E-state index in [9.17, 15) is 13.0 Å². The Balaban J connectivity index is 2.30. The summed E-state index contributed by atoms with van der Waals surface area (Å²) in [5.74, 6) is 0. The van der Waals surface area contributed by atoms with Crippen LogP contribution in [0, 0.1) is 6.92 Å². The molecular weight excluding hydrogens is 379 g/mol. The van der Waals surface area contributed by atoms with Crippen molar-refractivity contribution in [3.63, 3.8) is 0 Å². The number of halogens is 2. The highest BCUT2D eigenvalue weighted by Gasteiger charge is 2.21. The van der Waals surface area contributed by atoms with E-state index in [-0.39, 0.29) is 26.1 Å². The third-order valence-electron chi connectivity index (χ3n) is 3.30. The van der Waals surface area contributed by atoms with Gasteiger partial charge in [0.25, 0.3) is 10.1 Å². The number of aromatic nitrogens is 1. The van der Waals surface area contributed by atoms with Crippen LogP contribution >= 0.6 is 34.5 Å². The van der Waals surface area contributed by atoms with E-state index in [1.807, 2.05) is 0 Å². The van der Waals surface area contributed by atoms with E-state index >= 15 is 0 Å². The number of benzene rings is 2. The van der Waals surface area contributed by atoms with E-state index in [0.717, 1.165) is 0 Å². The SMILES string of the molecule is Cc1ccc2sc(-c3cc(Cl)c(N)c(Cl)c3)nc2c1S(=O)(=O)O. The lowest BCUT2D eigenvalue weighted by molar-refractivity contribution is 0.483. The molecule has 0 amide bonds. The van der Waals surface area contributed by atoms with Gasteiger partial charge in [0.1, 0.15) is 15.4 Å². The summed E-state index contributed by atoms with van der Waals surface area (Å²) in [5.41, 5.74) is 7.24. The number of hydrogen-bond acceptors (Lipinski definition) is 5. The van der Waals surface area contributed by atoms with Crippen LogP contribution < -0.4 is 5.73 Å². The molecule has 0 aliphatic rings. The van der Waals surface area contributed by atoms with Crippen LogP contribution in [0.2, 0.25) is 10.0 Å². The standard InChI is InChI=1S/C14H10Cl2N2O3S2/c1-6-2-3-10-12(13(6)23(19,20)21)18-14(22-10)7-4-8(15)11(17)9(16)5-7/h2-5H,17H2,1H3,(H,19,20,21). The summed E-state index contributed by atoms with van der Waals surface area (Å²) in [6, 6.07) is 6.60. The Morgan fingerprint density at radius 3 is 2.39 bits per heavy atom. The summed E-state index contributed by atoms with van der Waals surface area (Å²) in [4.78, 5) is 4.15. The molecule has 2 aromatic carbocycles. The molecule has 23 heavy (non-hydrogen) atoms. The molecule has 120 valence electrons. The first kappa shape index (κ1) is 16.5. The number of hydrogen-bond donors (Lipinski definition) is 2. The maximum Gasteiger partial charge on any atom is 0.296 e. The Morgan fingerprint density at radius 2 is 1.83 bits per heavy atom. The number of nitrogen functional groups attached to an aromatic ring is 1. The number of aryl methyl sites for hydroxylation is 1. The average molecular weight is 389 g/mol. The second-order valence-electron chi connectivity index (χ2n) is 4.91. The Morgan fingerprint density at radius 1 is 1.22 bits per heavy atom.